The molecule has 0 saturated carbocycles. The largest absolute Gasteiger partial charge is 0.573 e. The second-order valence-electron chi connectivity index (χ2n) is 6.58. The first-order chi connectivity index (χ1) is 13.4. The Morgan fingerprint density at radius 3 is 2.64 bits per heavy atom. The molecule has 1 heterocycles. The molecule has 2 N–H and O–H groups in total. The molecular weight excluding hydrogens is 393 g/mol. The van der Waals surface area contributed by atoms with Crippen LogP contribution in [-0.4, -0.2) is 32.3 Å². The molecule has 0 aromatic heterocycles. The van der Waals surface area contributed by atoms with Crippen LogP contribution in [0.5, 0.6) is 5.75 Å². The number of hydrogen-bond acceptors (Lipinski definition) is 4. The number of ether oxygens (including phenoxy) is 2. The van der Waals surface area contributed by atoms with Gasteiger partial charge in [-0.25, -0.2) is 0 Å². The van der Waals surface area contributed by atoms with Gasteiger partial charge in [-0.1, -0.05) is 42.3 Å². The second-order valence-corrected chi connectivity index (χ2v) is 6.98. The highest BCUT2D eigenvalue weighted by atomic mass is 35.5. The van der Waals surface area contributed by atoms with Gasteiger partial charge in [0.1, 0.15) is 12.5 Å². The molecule has 8 heteroatoms. The molecule has 0 amide bonds. The van der Waals surface area contributed by atoms with E-state index in [1.54, 1.807) is 24.3 Å². The molecule has 2 aromatic rings. The summed E-state index contributed by atoms with van der Waals surface area (Å²) in [7, 11) is 0. The zero-order valence-electron chi connectivity index (χ0n) is 15.2. The van der Waals surface area contributed by atoms with Gasteiger partial charge in [0.25, 0.3) is 0 Å². The van der Waals surface area contributed by atoms with Crippen molar-refractivity contribution in [2.75, 3.05) is 25.2 Å². The van der Waals surface area contributed by atoms with E-state index >= 15 is 0 Å². The SMILES string of the molecule is FC(F)(F)Oc1ccccc1-c1ccc(NCOC[C@H]2CCCCN2)cc1Cl. The third kappa shape index (κ3) is 6.02. The lowest BCUT2D eigenvalue weighted by molar-refractivity contribution is -0.274. The van der Waals surface area contributed by atoms with Gasteiger partial charge in [-0.2, -0.15) is 0 Å². The minimum absolute atomic E-state index is 0.274. The summed E-state index contributed by atoms with van der Waals surface area (Å²) >= 11 is 6.31. The van der Waals surface area contributed by atoms with Crippen molar-refractivity contribution < 1.29 is 22.6 Å². The lowest BCUT2D eigenvalue weighted by atomic mass is 10.0. The minimum Gasteiger partial charge on any atom is -0.405 e. The average Bonchev–Trinajstić information content (AvgIpc) is 2.66. The topological polar surface area (TPSA) is 42.5 Å². The molecule has 1 aliphatic heterocycles. The van der Waals surface area contributed by atoms with Crippen molar-refractivity contribution in [3.05, 3.63) is 47.5 Å². The maximum atomic E-state index is 12.6. The predicted octanol–water partition coefficient (Wildman–Crippen LogP) is 5.43. The van der Waals surface area contributed by atoms with E-state index in [9.17, 15) is 13.2 Å². The first kappa shape index (κ1) is 20.8. The van der Waals surface area contributed by atoms with E-state index in [1.165, 1.54) is 31.0 Å². The van der Waals surface area contributed by atoms with E-state index in [-0.39, 0.29) is 11.3 Å². The van der Waals surface area contributed by atoms with E-state index in [0.29, 0.717) is 30.0 Å². The number of benzene rings is 2. The Labute approximate surface area is 167 Å². The molecular formula is C20H22ClF3N2O2. The highest BCUT2D eigenvalue weighted by molar-refractivity contribution is 6.33. The third-order valence-corrected chi connectivity index (χ3v) is 4.79. The van der Waals surface area contributed by atoms with Crippen molar-refractivity contribution in [1.29, 1.82) is 0 Å². The third-order valence-electron chi connectivity index (χ3n) is 4.48. The lowest BCUT2D eigenvalue weighted by Crippen LogP contribution is -2.37. The summed E-state index contributed by atoms with van der Waals surface area (Å²) in [5.74, 6) is -0.291. The molecule has 1 atom stereocenters. The number of halogens is 4. The molecule has 1 aliphatic rings. The first-order valence-corrected chi connectivity index (χ1v) is 9.50. The summed E-state index contributed by atoms with van der Waals surface area (Å²) < 4.78 is 47.6. The van der Waals surface area contributed by atoms with E-state index in [1.807, 2.05) is 0 Å². The van der Waals surface area contributed by atoms with Crippen LogP contribution in [0.3, 0.4) is 0 Å². The molecule has 1 fully saturated rings. The van der Waals surface area contributed by atoms with E-state index in [2.05, 4.69) is 15.4 Å². The summed E-state index contributed by atoms with van der Waals surface area (Å²) in [6.45, 7) is 1.97. The molecule has 4 nitrogen and oxygen atoms in total. The fourth-order valence-corrected chi connectivity index (χ4v) is 3.43. The highest BCUT2D eigenvalue weighted by Gasteiger charge is 2.32. The van der Waals surface area contributed by atoms with Crippen LogP contribution in [0.4, 0.5) is 18.9 Å². The normalized spacial score (nSPS) is 17.4. The quantitative estimate of drug-likeness (QED) is 0.468. The van der Waals surface area contributed by atoms with Crippen LogP contribution in [0.1, 0.15) is 19.3 Å². The Bertz CT molecular complexity index is 780. The summed E-state index contributed by atoms with van der Waals surface area (Å²) in [4.78, 5) is 0. The summed E-state index contributed by atoms with van der Waals surface area (Å²) in [6.07, 6.45) is -1.24. The number of piperidine rings is 1. The monoisotopic (exact) mass is 414 g/mol. The molecule has 0 radical (unpaired) electrons. The smallest absolute Gasteiger partial charge is 0.405 e. The van der Waals surface area contributed by atoms with Gasteiger partial charge in [-0.3, -0.25) is 0 Å². The number of hydrogen-bond donors (Lipinski definition) is 2. The van der Waals surface area contributed by atoms with Crippen molar-refractivity contribution in [2.24, 2.45) is 0 Å². The zero-order chi connectivity index (χ0) is 20.0. The maximum Gasteiger partial charge on any atom is 0.573 e. The van der Waals surface area contributed by atoms with Gasteiger partial charge in [-0.15, -0.1) is 13.2 Å². The van der Waals surface area contributed by atoms with Crippen molar-refractivity contribution in [3.63, 3.8) is 0 Å². The molecule has 28 heavy (non-hydrogen) atoms. The van der Waals surface area contributed by atoms with Crippen molar-refractivity contribution in [1.82, 2.24) is 5.32 Å². The van der Waals surface area contributed by atoms with Gasteiger partial charge >= 0.3 is 6.36 Å². The first-order valence-electron chi connectivity index (χ1n) is 9.12. The summed E-state index contributed by atoms with van der Waals surface area (Å²) in [5.41, 5.74) is 1.45. The summed E-state index contributed by atoms with van der Waals surface area (Å²) in [5, 5.41) is 6.84. The number of rotatable bonds is 7. The van der Waals surface area contributed by atoms with Gasteiger partial charge in [0.05, 0.1) is 11.6 Å². The van der Waals surface area contributed by atoms with Crippen LogP contribution in [-0.2, 0) is 4.74 Å². The number of para-hydroxylation sites is 1. The lowest BCUT2D eigenvalue weighted by Gasteiger charge is -2.23. The van der Waals surface area contributed by atoms with Gasteiger partial charge in [-0.05, 0) is 37.6 Å². The van der Waals surface area contributed by atoms with E-state index in [4.69, 9.17) is 16.3 Å². The Balaban J connectivity index is 1.61. The second kappa shape index (κ2) is 9.49. The molecule has 0 bridgehead atoms. The Morgan fingerprint density at radius 2 is 1.93 bits per heavy atom. The van der Waals surface area contributed by atoms with Crippen LogP contribution in [0.25, 0.3) is 11.1 Å². The average molecular weight is 415 g/mol. The van der Waals surface area contributed by atoms with Gasteiger partial charge in [0.2, 0.25) is 0 Å². The van der Waals surface area contributed by atoms with Crippen LogP contribution in [0.15, 0.2) is 42.5 Å². The van der Waals surface area contributed by atoms with Crippen molar-refractivity contribution in [3.8, 4) is 16.9 Å². The van der Waals surface area contributed by atoms with E-state index in [0.717, 1.165) is 18.7 Å². The van der Waals surface area contributed by atoms with Crippen molar-refractivity contribution >= 4 is 17.3 Å². The minimum atomic E-state index is -4.77. The molecule has 2 aromatic carbocycles. The Morgan fingerprint density at radius 1 is 1.11 bits per heavy atom. The van der Waals surface area contributed by atoms with Gasteiger partial charge in [0, 0.05) is 22.9 Å². The molecule has 152 valence electrons. The van der Waals surface area contributed by atoms with Crippen LogP contribution in [0.2, 0.25) is 5.02 Å². The van der Waals surface area contributed by atoms with E-state index < -0.39 is 6.36 Å². The Hall–Kier alpha value is -1.96. The fraction of sp³-hybridized carbons (Fsp3) is 0.400. The number of nitrogens with one attached hydrogen (secondary N) is 2. The molecule has 0 unspecified atom stereocenters. The van der Waals surface area contributed by atoms with Gasteiger partial charge < -0.3 is 20.1 Å². The maximum absolute atomic E-state index is 12.6. The molecule has 1 saturated heterocycles. The summed E-state index contributed by atoms with van der Waals surface area (Å²) in [6, 6.07) is 11.4. The zero-order valence-corrected chi connectivity index (χ0v) is 15.9. The fourth-order valence-electron chi connectivity index (χ4n) is 3.15. The molecule has 0 spiro atoms. The standard InChI is InChI=1S/C20H22ClF3N2O2/c21-18-11-14(26-13-27-12-15-5-3-4-10-25-15)8-9-16(18)17-6-1-2-7-19(17)28-20(22,23)24/h1-2,6-9,11,15,25-26H,3-5,10,12-13H2/t15-/m1/s1. The van der Waals surface area contributed by atoms with Crippen LogP contribution < -0.4 is 15.4 Å². The van der Waals surface area contributed by atoms with Crippen LogP contribution >= 0.6 is 11.6 Å². The highest BCUT2D eigenvalue weighted by Crippen LogP contribution is 2.38. The number of anilines is 1. The van der Waals surface area contributed by atoms with Crippen molar-refractivity contribution in [2.45, 2.75) is 31.7 Å². The predicted molar refractivity (Wildman–Crippen MR) is 104 cm³/mol. The number of alkyl halides is 3. The Kier molecular flexibility index (Phi) is 7.04. The molecule has 3 rings (SSSR count). The van der Waals surface area contributed by atoms with Gasteiger partial charge in [0.15, 0.2) is 0 Å². The molecule has 0 aliphatic carbocycles. The van der Waals surface area contributed by atoms with Crippen LogP contribution in [0, 0.1) is 0 Å².